The molecule has 2 saturated carbocycles. The summed E-state index contributed by atoms with van der Waals surface area (Å²) in [6.45, 7) is 4.57. The molecule has 4 atom stereocenters. The van der Waals surface area contributed by atoms with Gasteiger partial charge in [-0.15, -0.1) is 6.42 Å². The smallest absolute Gasteiger partial charge is 0.320 e. The second kappa shape index (κ2) is 12.2. The summed E-state index contributed by atoms with van der Waals surface area (Å²) in [5.41, 5.74) is -0.392. The molecular weight excluding hydrogens is 699 g/mol. The number of benzene rings is 2. The van der Waals surface area contributed by atoms with Crippen LogP contribution in [0.15, 0.2) is 24.3 Å². The van der Waals surface area contributed by atoms with Crippen molar-refractivity contribution in [2.75, 3.05) is 64.4 Å². The molecule has 6 heterocycles. The maximum Gasteiger partial charge on any atom is 0.320 e. The Hall–Kier alpha value is -5.03. The first kappa shape index (κ1) is 33.5. The van der Waals surface area contributed by atoms with Gasteiger partial charge in [0.15, 0.2) is 5.82 Å². The Kier molecular flexibility index (Phi) is 7.60. The lowest BCUT2D eigenvalue weighted by molar-refractivity contribution is 0.0550. The second-order valence-electron chi connectivity index (χ2n) is 16.2. The summed E-state index contributed by atoms with van der Waals surface area (Å²) in [6.07, 6.45) is 9.66. The highest BCUT2D eigenvalue weighted by Gasteiger charge is 2.51. The number of alkyl halides is 1. The summed E-state index contributed by atoms with van der Waals surface area (Å²) in [5, 5.41) is 11.6. The normalized spacial score (nSPS) is 25.5. The first-order valence-corrected chi connectivity index (χ1v) is 18.8. The van der Waals surface area contributed by atoms with Crippen LogP contribution in [0.2, 0.25) is 0 Å². The number of methoxy groups -OCH3 is 1. The number of rotatable bonds is 8. The van der Waals surface area contributed by atoms with E-state index in [4.69, 9.17) is 20.9 Å². The monoisotopic (exact) mass is 739 g/mol. The Balaban J connectivity index is 1.07. The van der Waals surface area contributed by atoms with Gasteiger partial charge in [-0.25, -0.2) is 22.9 Å². The third-order valence-corrected chi connectivity index (χ3v) is 12.5. The molecule has 0 spiro atoms. The van der Waals surface area contributed by atoms with Gasteiger partial charge in [0.2, 0.25) is 5.88 Å². The number of piperazine rings is 1. The molecule has 4 aliphatic heterocycles. The SMILES string of the molecule is C#Cc1c(F)ccc2cc(O)cc(-c3nc(OC)c4c(N5CC6CCC(C5)N6C(=O)N5CC(F)C5)nc(OCC5(CN6CC7CC7C6)CC5)nc4c3F)c12. The van der Waals surface area contributed by atoms with Crippen molar-refractivity contribution in [2.45, 2.75) is 50.4 Å². The van der Waals surface area contributed by atoms with E-state index in [1.54, 1.807) is 4.90 Å². The molecule has 2 aromatic heterocycles. The van der Waals surface area contributed by atoms with E-state index in [0.717, 1.165) is 57.2 Å². The van der Waals surface area contributed by atoms with E-state index in [1.807, 2.05) is 9.80 Å². The molecule has 11 nitrogen and oxygen atoms in total. The number of nitrogens with zero attached hydrogens (tertiary/aromatic N) is 7. The summed E-state index contributed by atoms with van der Waals surface area (Å²) in [5.74, 6) is 2.71. The molecule has 2 bridgehead atoms. The van der Waals surface area contributed by atoms with Crippen LogP contribution in [0.3, 0.4) is 0 Å². The molecule has 2 amide bonds. The predicted molar refractivity (Wildman–Crippen MR) is 194 cm³/mol. The number of anilines is 1. The molecule has 14 heteroatoms. The van der Waals surface area contributed by atoms with Crippen LogP contribution in [0.1, 0.15) is 37.7 Å². The maximum atomic E-state index is 17.3. The molecule has 6 aliphatic rings. The molecule has 10 rings (SSSR count). The van der Waals surface area contributed by atoms with Crippen LogP contribution >= 0.6 is 0 Å². The van der Waals surface area contributed by atoms with Crippen molar-refractivity contribution in [3.05, 3.63) is 41.5 Å². The number of aromatic nitrogens is 3. The van der Waals surface area contributed by atoms with Crippen molar-refractivity contribution in [1.29, 1.82) is 0 Å². The third-order valence-electron chi connectivity index (χ3n) is 12.5. The number of hydrogen-bond donors (Lipinski definition) is 1. The Morgan fingerprint density at radius 3 is 2.43 bits per heavy atom. The number of phenols is 1. The van der Waals surface area contributed by atoms with Gasteiger partial charge in [-0.05, 0) is 67.5 Å². The molecule has 4 unspecified atom stereocenters. The predicted octanol–water partition coefficient (Wildman–Crippen LogP) is 5.36. The number of terminal acetylenes is 1. The fourth-order valence-corrected chi connectivity index (χ4v) is 9.45. The minimum absolute atomic E-state index is 0.00249. The number of hydrogen-bond acceptors (Lipinski definition) is 9. The van der Waals surface area contributed by atoms with Crippen molar-refractivity contribution >= 4 is 33.5 Å². The highest BCUT2D eigenvalue weighted by molar-refractivity contribution is 6.04. The Morgan fingerprint density at radius 2 is 1.76 bits per heavy atom. The first-order chi connectivity index (χ1) is 26.1. The van der Waals surface area contributed by atoms with Gasteiger partial charge in [-0.2, -0.15) is 9.97 Å². The zero-order valence-corrected chi connectivity index (χ0v) is 29.9. The van der Waals surface area contributed by atoms with Gasteiger partial charge in [0.25, 0.3) is 0 Å². The van der Waals surface area contributed by atoms with E-state index < -0.39 is 17.8 Å². The number of halogens is 3. The standard InChI is InChI=1S/C40H40F3N7O4/c1-3-28-30(42)7-4-21-11-27(51)12-29(31(21)28)34-33(43)35-32(37(44-34)53-2)36(48-17-25-5-6-26(18-48)50(25)39(52)49-15-24(41)16-49)46-38(45-35)54-20-40(8-9-40)19-47-13-22-10-23(22)14-47/h1,4,7,11-12,22-26,51H,5-6,8-10,13-20H2,2H3. The Labute approximate surface area is 310 Å². The molecule has 4 saturated heterocycles. The fourth-order valence-electron chi connectivity index (χ4n) is 9.45. The van der Waals surface area contributed by atoms with E-state index in [0.29, 0.717) is 30.9 Å². The Bertz CT molecular complexity index is 2250. The van der Waals surface area contributed by atoms with Crippen molar-refractivity contribution in [1.82, 2.24) is 29.7 Å². The number of amides is 2. The first-order valence-electron chi connectivity index (χ1n) is 18.8. The molecule has 2 aromatic carbocycles. The van der Waals surface area contributed by atoms with Crippen LogP contribution in [0.25, 0.3) is 32.9 Å². The lowest BCUT2D eigenvalue weighted by Crippen LogP contribution is -2.63. The Morgan fingerprint density at radius 1 is 1.02 bits per heavy atom. The number of pyridine rings is 1. The number of carbonyl (C=O) groups is 1. The molecule has 0 radical (unpaired) electrons. The molecule has 2 aliphatic carbocycles. The fraction of sp³-hybridized carbons (Fsp3) is 0.500. The van der Waals surface area contributed by atoms with E-state index in [-0.39, 0.29) is 87.4 Å². The minimum atomic E-state index is -0.996. The van der Waals surface area contributed by atoms with Gasteiger partial charge in [0.05, 0.1) is 44.5 Å². The maximum absolute atomic E-state index is 17.3. The largest absolute Gasteiger partial charge is 0.508 e. The summed E-state index contributed by atoms with van der Waals surface area (Å²) in [6, 6.07) is 4.92. The summed E-state index contributed by atoms with van der Waals surface area (Å²) < 4.78 is 58.3. The highest BCUT2D eigenvalue weighted by Crippen LogP contribution is 2.51. The van der Waals surface area contributed by atoms with Crippen LogP contribution in [0, 0.1) is 41.2 Å². The van der Waals surface area contributed by atoms with E-state index in [1.165, 1.54) is 37.8 Å². The zero-order chi connectivity index (χ0) is 37.0. The lowest BCUT2D eigenvalue weighted by atomic mass is 9.95. The van der Waals surface area contributed by atoms with Crippen molar-refractivity contribution in [3.63, 3.8) is 0 Å². The number of urea groups is 1. The minimum Gasteiger partial charge on any atom is -0.508 e. The zero-order valence-electron chi connectivity index (χ0n) is 29.9. The van der Waals surface area contributed by atoms with E-state index >= 15 is 8.78 Å². The molecule has 280 valence electrons. The average Bonchev–Trinajstić information content (AvgIpc) is 4.03. The number of ether oxygens (including phenoxy) is 2. The van der Waals surface area contributed by atoms with Gasteiger partial charge in [0.1, 0.15) is 40.2 Å². The average molecular weight is 740 g/mol. The number of likely N-dealkylation sites (tertiary alicyclic amines) is 2. The van der Waals surface area contributed by atoms with Gasteiger partial charge in [0, 0.05) is 49.1 Å². The molecular formula is C40H40F3N7O4. The van der Waals surface area contributed by atoms with Crippen LogP contribution in [-0.4, -0.2) is 119 Å². The number of carbonyl (C=O) groups excluding carboxylic acids is 1. The quantitative estimate of drug-likeness (QED) is 0.239. The van der Waals surface area contributed by atoms with Gasteiger partial charge in [-0.3, -0.25) is 0 Å². The van der Waals surface area contributed by atoms with Crippen LogP contribution < -0.4 is 14.4 Å². The van der Waals surface area contributed by atoms with Crippen molar-refractivity contribution in [3.8, 4) is 41.2 Å². The molecule has 4 aromatic rings. The summed E-state index contributed by atoms with van der Waals surface area (Å²) >= 11 is 0. The van der Waals surface area contributed by atoms with E-state index in [2.05, 4.69) is 20.8 Å². The van der Waals surface area contributed by atoms with E-state index in [9.17, 15) is 14.3 Å². The second-order valence-corrected chi connectivity index (χ2v) is 16.2. The van der Waals surface area contributed by atoms with Crippen LogP contribution in [-0.2, 0) is 0 Å². The number of piperidine rings is 1. The van der Waals surface area contributed by atoms with Crippen LogP contribution in [0.5, 0.6) is 17.6 Å². The molecule has 1 N–H and O–H groups in total. The third kappa shape index (κ3) is 5.45. The number of phenolic OH excluding ortho intramolecular Hbond substituents is 1. The van der Waals surface area contributed by atoms with Crippen LogP contribution in [0.4, 0.5) is 23.8 Å². The lowest BCUT2D eigenvalue weighted by Gasteiger charge is -2.46. The molecule has 54 heavy (non-hydrogen) atoms. The van der Waals surface area contributed by atoms with Crippen molar-refractivity contribution in [2.24, 2.45) is 17.3 Å². The highest BCUT2D eigenvalue weighted by atomic mass is 19.1. The molecule has 6 fully saturated rings. The van der Waals surface area contributed by atoms with Crippen molar-refractivity contribution < 1.29 is 32.5 Å². The van der Waals surface area contributed by atoms with Gasteiger partial charge in [-0.1, -0.05) is 12.0 Å². The topological polar surface area (TPSA) is 107 Å². The number of aromatic hydroxyl groups is 1. The summed E-state index contributed by atoms with van der Waals surface area (Å²) in [4.78, 5) is 35.6. The number of fused-ring (bicyclic) bond motifs is 5. The van der Waals surface area contributed by atoms with Gasteiger partial charge >= 0.3 is 12.0 Å². The van der Waals surface area contributed by atoms with Gasteiger partial charge < -0.3 is 34.2 Å². The summed E-state index contributed by atoms with van der Waals surface area (Å²) in [7, 11) is 1.41.